The van der Waals surface area contributed by atoms with E-state index in [1.807, 2.05) is 17.0 Å². The summed E-state index contributed by atoms with van der Waals surface area (Å²) in [5.41, 5.74) is 7.04. The maximum absolute atomic E-state index is 11.7. The van der Waals surface area contributed by atoms with Gasteiger partial charge in [-0.05, 0) is 31.0 Å². The molecular weight excluding hydrogens is 226 g/mol. The average Bonchev–Trinajstić information content (AvgIpc) is 2.70. The lowest BCUT2D eigenvalue weighted by Gasteiger charge is -2.16. The van der Waals surface area contributed by atoms with Crippen molar-refractivity contribution in [3.63, 3.8) is 0 Å². The van der Waals surface area contributed by atoms with Gasteiger partial charge in [-0.1, -0.05) is 6.07 Å². The van der Waals surface area contributed by atoms with E-state index >= 15 is 0 Å². The Labute approximate surface area is 101 Å². The molecule has 16 heavy (non-hydrogen) atoms. The second-order valence-electron chi connectivity index (χ2n) is 3.75. The fourth-order valence-electron chi connectivity index (χ4n) is 1.74. The number of anilines is 2. The summed E-state index contributed by atoms with van der Waals surface area (Å²) in [5.74, 6) is 0. The SMILES string of the molecule is Cl.Nc1cccc(NC(=O)N2CCCC2)c1. The monoisotopic (exact) mass is 241 g/mol. The van der Waals surface area contributed by atoms with Gasteiger partial charge in [0.1, 0.15) is 0 Å². The Morgan fingerprint density at radius 3 is 2.62 bits per heavy atom. The zero-order chi connectivity index (χ0) is 10.7. The van der Waals surface area contributed by atoms with Crippen molar-refractivity contribution >= 4 is 29.8 Å². The molecule has 5 heteroatoms. The topological polar surface area (TPSA) is 58.4 Å². The zero-order valence-corrected chi connectivity index (χ0v) is 9.80. The highest BCUT2D eigenvalue weighted by atomic mass is 35.5. The summed E-state index contributed by atoms with van der Waals surface area (Å²) in [5, 5.41) is 2.83. The third-order valence-corrected chi connectivity index (χ3v) is 2.53. The molecule has 2 rings (SSSR count). The summed E-state index contributed by atoms with van der Waals surface area (Å²) < 4.78 is 0. The van der Waals surface area contributed by atoms with Gasteiger partial charge in [0.2, 0.25) is 0 Å². The first kappa shape index (κ1) is 12.6. The first-order valence-corrected chi connectivity index (χ1v) is 5.17. The Hall–Kier alpha value is -1.42. The minimum Gasteiger partial charge on any atom is -0.399 e. The van der Waals surface area contributed by atoms with Crippen LogP contribution in [-0.4, -0.2) is 24.0 Å². The van der Waals surface area contributed by atoms with Crippen LogP contribution in [0.25, 0.3) is 0 Å². The van der Waals surface area contributed by atoms with Crippen LogP contribution in [0.2, 0.25) is 0 Å². The molecule has 2 amide bonds. The maximum atomic E-state index is 11.7. The minimum atomic E-state index is -0.0295. The quantitative estimate of drug-likeness (QED) is 0.742. The Morgan fingerprint density at radius 2 is 2.00 bits per heavy atom. The Balaban J connectivity index is 0.00000128. The van der Waals surface area contributed by atoms with Gasteiger partial charge in [-0.25, -0.2) is 4.79 Å². The van der Waals surface area contributed by atoms with Gasteiger partial charge in [0.25, 0.3) is 0 Å². The van der Waals surface area contributed by atoms with Crippen molar-refractivity contribution in [3.8, 4) is 0 Å². The lowest BCUT2D eigenvalue weighted by atomic mass is 10.3. The molecule has 1 heterocycles. The highest BCUT2D eigenvalue weighted by Crippen LogP contribution is 2.14. The molecular formula is C11H16ClN3O. The molecule has 1 aliphatic heterocycles. The summed E-state index contributed by atoms with van der Waals surface area (Å²) in [4.78, 5) is 13.5. The van der Waals surface area contributed by atoms with Crippen LogP contribution in [0, 0.1) is 0 Å². The Bertz CT molecular complexity index is 364. The molecule has 1 saturated heterocycles. The van der Waals surface area contributed by atoms with Gasteiger partial charge in [0, 0.05) is 24.5 Å². The van der Waals surface area contributed by atoms with Crippen LogP contribution >= 0.6 is 12.4 Å². The number of nitrogens with two attached hydrogens (primary N) is 1. The number of rotatable bonds is 1. The number of urea groups is 1. The van der Waals surface area contributed by atoms with Gasteiger partial charge in [-0.2, -0.15) is 0 Å². The van der Waals surface area contributed by atoms with Gasteiger partial charge < -0.3 is 16.0 Å². The van der Waals surface area contributed by atoms with Crippen LogP contribution < -0.4 is 11.1 Å². The van der Waals surface area contributed by atoms with E-state index in [0.29, 0.717) is 5.69 Å². The number of nitrogens with zero attached hydrogens (tertiary/aromatic N) is 1. The average molecular weight is 242 g/mol. The summed E-state index contributed by atoms with van der Waals surface area (Å²) in [6.45, 7) is 1.71. The second-order valence-corrected chi connectivity index (χ2v) is 3.75. The van der Waals surface area contributed by atoms with Crippen molar-refractivity contribution in [2.24, 2.45) is 0 Å². The summed E-state index contributed by atoms with van der Waals surface area (Å²) in [6, 6.07) is 7.19. The van der Waals surface area contributed by atoms with E-state index in [2.05, 4.69) is 5.32 Å². The van der Waals surface area contributed by atoms with Gasteiger partial charge in [0.05, 0.1) is 0 Å². The van der Waals surface area contributed by atoms with Crippen molar-refractivity contribution < 1.29 is 4.79 Å². The third-order valence-electron chi connectivity index (χ3n) is 2.53. The van der Waals surface area contributed by atoms with Crippen LogP contribution in [-0.2, 0) is 0 Å². The van der Waals surface area contributed by atoms with E-state index in [1.165, 1.54) is 0 Å². The lowest BCUT2D eigenvalue weighted by molar-refractivity contribution is 0.222. The molecule has 0 spiro atoms. The molecule has 0 aliphatic carbocycles. The Kier molecular flexibility index (Phi) is 4.43. The number of amides is 2. The molecule has 1 aromatic carbocycles. The van der Waals surface area contributed by atoms with E-state index in [-0.39, 0.29) is 18.4 Å². The molecule has 0 aromatic heterocycles. The standard InChI is InChI=1S/C11H15N3O.ClH/c12-9-4-3-5-10(8-9)13-11(15)14-6-1-2-7-14;/h3-5,8H,1-2,6-7,12H2,(H,13,15);1H. The van der Waals surface area contributed by atoms with E-state index in [9.17, 15) is 4.79 Å². The molecule has 1 aliphatic rings. The van der Waals surface area contributed by atoms with Crippen molar-refractivity contribution in [2.75, 3.05) is 24.1 Å². The van der Waals surface area contributed by atoms with Gasteiger partial charge in [0.15, 0.2) is 0 Å². The fraction of sp³-hybridized carbons (Fsp3) is 0.364. The number of carbonyl (C=O) groups excluding carboxylic acids is 1. The molecule has 1 fully saturated rings. The molecule has 0 saturated carbocycles. The highest BCUT2D eigenvalue weighted by molar-refractivity contribution is 5.89. The molecule has 0 bridgehead atoms. The first-order chi connectivity index (χ1) is 7.25. The number of halogens is 1. The molecule has 4 nitrogen and oxygen atoms in total. The number of hydrogen-bond donors (Lipinski definition) is 2. The molecule has 3 N–H and O–H groups in total. The van der Waals surface area contributed by atoms with Crippen LogP contribution in [0.1, 0.15) is 12.8 Å². The normalized spacial score (nSPS) is 14.4. The smallest absolute Gasteiger partial charge is 0.321 e. The van der Waals surface area contributed by atoms with Crippen LogP contribution in [0.4, 0.5) is 16.2 Å². The predicted molar refractivity (Wildman–Crippen MR) is 67.9 cm³/mol. The molecule has 0 atom stereocenters. The van der Waals surface area contributed by atoms with Crippen LogP contribution in [0.5, 0.6) is 0 Å². The molecule has 0 unspecified atom stereocenters. The number of nitrogen functional groups attached to an aromatic ring is 1. The lowest BCUT2D eigenvalue weighted by Crippen LogP contribution is -2.32. The van der Waals surface area contributed by atoms with E-state index in [4.69, 9.17) is 5.73 Å². The van der Waals surface area contributed by atoms with Crippen LogP contribution in [0.3, 0.4) is 0 Å². The third kappa shape index (κ3) is 3.03. The number of carbonyl (C=O) groups is 1. The van der Waals surface area contributed by atoms with Crippen LogP contribution in [0.15, 0.2) is 24.3 Å². The van der Waals surface area contributed by atoms with Gasteiger partial charge in [-0.15, -0.1) is 12.4 Å². The van der Waals surface area contributed by atoms with Crippen molar-refractivity contribution in [3.05, 3.63) is 24.3 Å². The zero-order valence-electron chi connectivity index (χ0n) is 8.98. The second kappa shape index (κ2) is 5.61. The number of hydrogen-bond acceptors (Lipinski definition) is 2. The van der Waals surface area contributed by atoms with Gasteiger partial charge >= 0.3 is 6.03 Å². The molecule has 0 radical (unpaired) electrons. The molecule has 88 valence electrons. The fourth-order valence-corrected chi connectivity index (χ4v) is 1.74. The maximum Gasteiger partial charge on any atom is 0.321 e. The van der Waals surface area contributed by atoms with Gasteiger partial charge in [-0.3, -0.25) is 0 Å². The van der Waals surface area contributed by atoms with Crippen molar-refractivity contribution in [1.29, 1.82) is 0 Å². The summed E-state index contributed by atoms with van der Waals surface area (Å²) >= 11 is 0. The number of benzene rings is 1. The van der Waals surface area contributed by atoms with E-state index < -0.39 is 0 Å². The van der Waals surface area contributed by atoms with E-state index in [1.54, 1.807) is 12.1 Å². The number of nitrogens with one attached hydrogen (secondary N) is 1. The highest BCUT2D eigenvalue weighted by Gasteiger charge is 2.17. The molecule has 1 aromatic rings. The van der Waals surface area contributed by atoms with Crippen molar-refractivity contribution in [1.82, 2.24) is 4.90 Å². The number of likely N-dealkylation sites (tertiary alicyclic amines) is 1. The largest absolute Gasteiger partial charge is 0.399 e. The Morgan fingerprint density at radius 1 is 1.31 bits per heavy atom. The predicted octanol–water partition coefficient (Wildman–Crippen LogP) is 2.32. The minimum absolute atomic E-state index is 0. The summed E-state index contributed by atoms with van der Waals surface area (Å²) in [7, 11) is 0. The van der Waals surface area contributed by atoms with E-state index in [0.717, 1.165) is 31.6 Å². The summed E-state index contributed by atoms with van der Waals surface area (Å²) in [6.07, 6.45) is 2.20. The first-order valence-electron chi connectivity index (χ1n) is 5.17. The van der Waals surface area contributed by atoms with Crippen molar-refractivity contribution in [2.45, 2.75) is 12.8 Å².